The average Bonchev–Trinajstić information content (AvgIpc) is 2.98. The lowest BCUT2D eigenvalue weighted by Crippen LogP contribution is -2.51. The number of aromatic amines is 1. The van der Waals surface area contributed by atoms with Crippen molar-refractivity contribution < 1.29 is 9.59 Å². The number of benzene rings is 1. The summed E-state index contributed by atoms with van der Waals surface area (Å²) in [6, 6.07) is 7.78. The second-order valence-electron chi connectivity index (χ2n) is 5.82. The van der Waals surface area contributed by atoms with Crippen LogP contribution in [0.4, 0.5) is 0 Å². The zero-order valence-electron chi connectivity index (χ0n) is 13.5. The highest BCUT2D eigenvalue weighted by atomic mass is 35.5. The standard InChI is InChI=1S/C16H21N5O2.ClH/c1-11-10-21(9-8-17-11)14(22)6-7-18-16(23)15-12-4-2-3-5-13(12)19-20-15;/h2-5,11,17H,6-10H2,1H3,(H,18,23)(H,19,20);1H. The molecule has 0 aliphatic carbocycles. The Morgan fingerprint density at radius 1 is 1.38 bits per heavy atom. The zero-order valence-corrected chi connectivity index (χ0v) is 14.4. The summed E-state index contributed by atoms with van der Waals surface area (Å²) in [5, 5.41) is 13.7. The van der Waals surface area contributed by atoms with Crippen molar-refractivity contribution >= 4 is 35.1 Å². The number of rotatable bonds is 4. The Balaban J connectivity index is 0.00000208. The first kappa shape index (κ1) is 18.2. The number of aromatic nitrogens is 2. The molecule has 1 aromatic carbocycles. The van der Waals surface area contributed by atoms with Crippen molar-refractivity contribution in [1.82, 2.24) is 25.7 Å². The van der Waals surface area contributed by atoms with E-state index in [0.717, 1.165) is 30.5 Å². The lowest BCUT2D eigenvalue weighted by Gasteiger charge is -2.32. The van der Waals surface area contributed by atoms with Gasteiger partial charge in [0, 0.05) is 44.0 Å². The molecule has 1 atom stereocenters. The molecule has 3 rings (SSSR count). The molecule has 7 nitrogen and oxygen atoms in total. The maximum atomic E-state index is 12.2. The van der Waals surface area contributed by atoms with Crippen molar-refractivity contribution in [2.75, 3.05) is 26.2 Å². The van der Waals surface area contributed by atoms with Crippen molar-refractivity contribution in [2.45, 2.75) is 19.4 Å². The molecule has 130 valence electrons. The number of carbonyl (C=O) groups excluding carboxylic acids is 2. The highest BCUT2D eigenvalue weighted by Crippen LogP contribution is 2.14. The topological polar surface area (TPSA) is 90.1 Å². The molecule has 1 fully saturated rings. The first-order valence-corrected chi connectivity index (χ1v) is 7.87. The van der Waals surface area contributed by atoms with Gasteiger partial charge in [0.1, 0.15) is 0 Å². The molecule has 3 N–H and O–H groups in total. The molecule has 2 aromatic rings. The van der Waals surface area contributed by atoms with Gasteiger partial charge in [-0.15, -0.1) is 12.4 Å². The summed E-state index contributed by atoms with van der Waals surface area (Å²) >= 11 is 0. The van der Waals surface area contributed by atoms with Crippen LogP contribution >= 0.6 is 12.4 Å². The smallest absolute Gasteiger partial charge is 0.272 e. The summed E-state index contributed by atoms with van der Waals surface area (Å²) < 4.78 is 0. The first-order valence-electron chi connectivity index (χ1n) is 7.87. The van der Waals surface area contributed by atoms with Crippen LogP contribution in [0.3, 0.4) is 0 Å². The van der Waals surface area contributed by atoms with E-state index in [-0.39, 0.29) is 24.2 Å². The molecular weight excluding hydrogens is 330 g/mol. The monoisotopic (exact) mass is 351 g/mol. The van der Waals surface area contributed by atoms with Crippen molar-refractivity contribution in [2.24, 2.45) is 0 Å². The molecule has 1 aliphatic rings. The third-order valence-corrected chi connectivity index (χ3v) is 4.03. The number of H-pyrrole nitrogens is 1. The fraction of sp³-hybridized carbons (Fsp3) is 0.438. The second kappa shape index (κ2) is 8.12. The third-order valence-electron chi connectivity index (χ3n) is 4.03. The number of nitrogens with zero attached hydrogens (tertiary/aromatic N) is 2. The summed E-state index contributed by atoms with van der Waals surface area (Å²) in [5.74, 6) is -0.186. The summed E-state index contributed by atoms with van der Waals surface area (Å²) in [6.07, 6.45) is 0.306. The molecule has 1 saturated heterocycles. The highest BCUT2D eigenvalue weighted by molar-refractivity contribution is 6.04. The summed E-state index contributed by atoms with van der Waals surface area (Å²) in [4.78, 5) is 26.2. The van der Waals surface area contributed by atoms with Gasteiger partial charge in [-0.2, -0.15) is 5.10 Å². The minimum Gasteiger partial charge on any atom is -0.350 e. The van der Waals surface area contributed by atoms with Crippen LogP contribution in [0.5, 0.6) is 0 Å². The van der Waals surface area contributed by atoms with Gasteiger partial charge < -0.3 is 15.5 Å². The molecule has 0 spiro atoms. The molecule has 0 radical (unpaired) electrons. The highest BCUT2D eigenvalue weighted by Gasteiger charge is 2.20. The number of carbonyl (C=O) groups is 2. The number of hydrogen-bond acceptors (Lipinski definition) is 4. The number of piperazine rings is 1. The van der Waals surface area contributed by atoms with Crippen LogP contribution in [0.15, 0.2) is 24.3 Å². The van der Waals surface area contributed by atoms with Gasteiger partial charge in [-0.05, 0) is 13.0 Å². The van der Waals surface area contributed by atoms with Gasteiger partial charge in [0.05, 0.1) is 5.52 Å². The van der Waals surface area contributed by atoms with E-state index in [1.54, 1.807) is 0 Å². The second-order valence-corrected chi connectivity index (χ2v) is 5.82. The van der Waals surface area contributed by atoms with Crippen molar-refractivity contribution in [3.05, 3.63) is 30.0 Å². The fourth-order valence-electron chi connectivity index (χ4n) is 2.82. The molecule has 2 amide bonds. The van der Waals surface area contributed by atoms with Gasteiger partial charge in [0.15, 0.2) is 5.69 Å². The maximum absolute atomic E-state index is 12.2. The average molecular weight is 352 g/mol. The van der Waals surface area contributed by atoms with E-state index in [0.29, 0.717) is 24.7 Å². The zero-order chi connectivity index (χ0) is 16.2. The number of hydrogen-bond donors (Lipinski definition) is 3. The first-order chi connectivity index (χ1) is 11.1. The molecule has 0 saturated carbocycles. The Hall–Kier alpha value is -2.12. The molecular formula is C16H22ClN5O2. The normalized spacial score (nSPS) is 17.4. The van der Waals surface area contributed by atoms with Crippen molar-refractivity contribution in [1.29, 1.82) is 0 Å². The van der Waals surface area contributed by atoms with Crippen LogP contribution < -0.4 is 10.6 Å². The quantitative estimate of drug-likeness (QED) is 0.764. The number of amides is 2. The number of para-hydroxylation sites is 1. The SMILES string of the molecule is CC1CN(C(=O)CCNC(=O)c2n[nH]c3ccccc23)CCN1.Cl. The van der Waals surface area contributed by atoms with E-state index in [2.05, 4.69) is 27.8 Å². The van der Waals surface area contributed by atoms with Gasteiger partial charge in [-0.3, -0.25) is 14.7 Å². The predicted molar refractivity (Wildman–Crippen MR) is 94.3 cm³/mol. The third kappa shape index (κ3) is 4.04. The van der Waals surface area contributed by atoms with Crippen LogP contribution in [0.25, 0.3) is 10.9 Å². The Bertz CT molecular complexity index is 717. The van der Waals surface area contributed by atoms with E-state index in [9.17, 15) is 9.59 Å². The fourth-order valence-corrected chi connectivity index (χ4v) is 2.82. The molecule has 0 bridgehead atoms. The van der Waals surface area contributed by atoms with Gasteiger partial charge in [-0.25, -0.2) is 0 Å². The van der Waals surface area contributed by atoms with Crippen LogP contribution in [-0.2, 0) is 4.79 Å². The largest absolute Gasteiger partial charge is 0.350 e. The van der Waals surface area contributed by atoms with Gasteiger partial charge in [0.2, 0.25) is 5.91 Å². The van der Waals surface area contributed by atoms with E-state index >= 15 is 0 Å². The van der Waals surface area contributed by atoms with E-state index in [1.807, 2.05) is 29.2 Å². The Labute approximate surface area is 146 Å². The number of nitrogens with one attached hydrogen (secondary N) is 3. The van der Waals surface area contributed by atoms with Crippen molar-refractivity contribution in [3.63, 3.8) is 0 Å². The Kier molecular flexibility index (Phi) is 6.16. The van der Waals surface area contributed by atoms with Crippen LogP contribution in [0, 0.1) is 0 Å². The lowest BCUT2D eigenvalue weighted by molar-refractivity contribution is -0.132. The number of fused-ring (bicyclic) bond motifs is 1. The van der Waals surface area contributed by atoms with E-state index in [1.165, 1.54) is 0 Å². The van der Waals surface area contributed by atoms with E-state index < -0.39 is 0 Å². The molecule has 1 aliphatic heterocycles. The molecule has 8 heteroatoms. The maximum Gasteiger partial charge on any atom is 0.272 e. The molecule has 24 heavy (non-hydrogen) atoms. The minimum atomic E-state index is -0.260. The minimum absolute atomic E-state index is 0. The van der Waals surface area contributed by atoms with Crippen LogP contribution in [-0.4, -0.2) is 59.1 Å². The van der Waals surface area contributed by atoms with Crippen LogP contribution in [0.1, 0.15) is 23.8 Å². The molecule has 1 unspecified atom stereocenters. The molecule has 2 heterocycles. The van der Waals surface area contributed by atoms with Gasteiger partial charge in [-0.1, -0.05) is 18.2 Å². The Morgan fingerprint density at radius 2 is 2.17 bits per heavy atom. The summed E-state index contributed by atoms with van der Waals surface area (Å²) in [5.41, 5.74) is 1.19. The summed E-state index contributed by atoms with van der Waals surface area (Å²) in [6.45, 7) is 4.64. The van der Waals surface area contributed by atoms with Crippen molar-refractivity contribution in [3.8, 4) is 0 Å². The van der Waals surface area contributed by atoms with Crippen LogP contribution in [0.2, 0.25) is 0 Å². The lowest BCUT2D eigenvalue weighted by atomic mass is 10.2. The predicted octanol–water partition coefficient (Wildman–Crippen LogP) is 0.925. The molecule has 1 aromatic heterocycles. The number of halogens is 1. The van der Waals surface area contributed by atoms with Gasteiger partial charge in [0.25, 0.3) is 5.91 Å². The Morgan fingerprint density at radius 3 is 2.96 bits per heavy atom. The van der Waals surface area contributed by atoms with Gasteiger partial charge >= 0.3 is 0 Å². The summed E-state index contributed by atoms with van der Waals surface area (Å²) in [7, 11) is 0. The van der Waals surface area contributed by atoms with E-state index in [4.69, 9.17) is 0 Å².